The summed E-state index contributed by atoms with van der Waals surface area (Å²) < 4.78 is 5.66. The minimum Gasteiger partial charge on any atom is -0.493 e. The number of rotatable bonds is 7. The molecule has 144 valence electrons. The fraction of sp³-hybridized carbons (Fsp3) is 0.217. The largest absolute Gasteiger partial charge is 0.493 e. The molecule has 0 aliphatic carbocycles. The first-order valence-electron chi connectivity index (χ1n) is 9.31. The van der Waals surface area contributed by atoms with Crippen molar-refractivity contribution >= 4 is 17.4 Å². The van der Waals surface area contributed by atoms with Gasteiger partial charge < -0.3 is 9.64 Å². The van der Waals surface area contributed by atoms with Crippen LogP contribution in [-0.2, 0) is 6.54 Å². The van der Waals surface area contributed by atoms with Gasteiger partial charge in [-0.25, -0.2) is 4.98 Å². The summed E-state index contributed by atoms with van der Waals surface area (Å²) in [7, 11) is 4.01. The van der Waals surface area contributed by atoms with E-state index < -0.39 is 0 Å². The van der Waals surface area contributed by atoms with Crippen LogP contribution in [0.15, 0.2) is 72.9 Å². The van der Waals surface area contributed by atoms with Gasteiger partial charge in [-0.05, 0) is 48.9 Å². The van der Waals surface area contributed by atoms with E-state index in [4.69, 9.17) is 4.74 Å². The standard InChI is InChI=1S/C23H25N3O2/c1-4-28-21-10-6-5-9-20(21)23(27)26(22-11-7-8-16-24-22)17-18-12-14-19(15-13-18)25(2)3/h5-16H,4,17H2,1-3H3. The number of para-hydroxylation sites is 1. The number of nitrogens with zero attached hydrogens (tertiary/aromatic N) is 3. The highest BCUT2D eigenvalue weighted by Crippen LogP contribution is 2.24. The van der Waals surface area contributed by atoms with E-state index in [2.05, 4.69) is 4.98 Å². The van der Waals surface area contributed by atoms with Gasteiger partial charge in [0.1, 0.15) is 11.6 Å². The van der Waals surface area contributed by atoms with Crippen molar-refractivity contribution in [3.63, 3.8) is 0 Å². The number of carbonyl (C=O) groups excluding carboxylic acids is 1. The van der Waals surface area contributed by atoms with E-state index in [0.717, 1.165) is 11.3 Å². The summed E-state index contributed by atoms with van der Waals surface area (Å²) in [5.41, 5.74) is 2.67. The highest BCUT2D eigenvalue weighted by Gasteiger charge is 2.22. The van der Waals surface area contributed by atoms with E-state index in [1.165, 1.54) is 0 Å². The van der Waals surface area contributed by atoms with Crippen LogP contribution in [0.25, 0.3) is 0 Å². The summed E-state index contributed by atoms with van der Waals surface area (Å²) in [6, 6.07) is 21.0. The van der Waals surface area contributed by atoms with Gasteiger partial charge in [-0.1, -0.05) is 30.3 Å². The Balaban J connectivity index is 1.95. The van der Waals surface area contributed by atoms with Gasteiger partial charge in [-0.2, -0.15) is 0 Å². The highest BCUT2D eigenvalue weighted by molar-refractivity contribution is 6.07. The first-order chi connectivity index (χ1) is 13.6. The van der Waals surface area contributed by atoms with Gasteiger partial charge in [0.15, 0.2) is 0 Å². The third kappa shape index (κ3) is 4.49. The molecule has 1 aromatic heterocycles. The molecule has 0 saturated heterocycles. The van der Waals surface area contributed by atoms with E-state index in [0.29, 0.717) is 30.3 Å². The highest BCUT2D eigenvalue weighted by atomic mass is 16.5. The molecule has 0 radical (unpaired) electrons. The second kappa shape index (κ2) is 9.04. The average Bonchev–Trinajstić information content (AvgIpc) is 2.73. The predicted molar refractivity (Wildman–Crippen MR) is 113 cm³/mol. The first-order valence-corrected chi connectivity index (χ1v) is 9.31. The molecule has 5 nitrogen and oxygen atoms in total. The molecule has 2 aromatic carbocycles. The first kappa shape index (κ1) is 19.4. The van der Waals surface area contributed by atoms with Gasteiger partial charge in [-0.3, -0.25) is 9.69 Å². The predicted octanol–water partition coefficient (Wildman–Crippen LogP) is 4.39. The van der Waals surface area contributed by atoms with Crippen molar-refractivity contribution in [2.24, 2.45) is 0 Å². The fourth-order valence-corrected chi connectivity index (χ4v) is 2.92. The van der Waals surface area contributed by atoms with Crippen molar-refractivity contribution in [1.29, 1.82) is 0 Å². The summed E-state index contributed by atoms with van der Waals surface area (Å²) in [5, 5.41) is 0. The number of pyridine rings is 1. The van der Waals surface area contributed by atoms with E-state index in [1.54, 1.807) is 17.2 Å². The van der Waals surface area contributed by atoms with Gasteiger partial charge in [0.05, 0.1) is 18.7 Å². The van der Waals surface area contributed by atoms with Crippen molar-refractivity contribution < 1.29 is 9.53 Å². The van der Waals surface area contributed by atoms with E-state index in [1.807, 2.05) is 86.6 Å². The van der Waals surface area contributed by atoms with Crippen LogP contribution in [0.2, 0.25) is 0 Å². The van der Waals surface area contributed by atoms with Crippen LogP contribution in [0.3, 0.4) is 0 Å². The molecule has 5 heteroatoms. The average molecular weight is 375 g/mol. The van der Waals surface area contributed by atoms with Gasteiger partial charge >= 0.3 is 0 Å². The Bertz CT molecular complexity index is 909. The monoisotopic (exact) mass is 375 g/mol. The number of hydrogen-bond acceptors (Lipinski definition) is 4. The number of benzene rings is 2. The molecule has 0 unspecified atom stereocenters. The maximum atomic E-state index is 13.4. The van der Waals surface area contributed by atoms with Crippen LogP contribution in [0.4, 0.5) is 11.5 Å². The number of anilines is 2. The smallest absolute Gasteiger partial charge is 0.263 e. The zero-order valence-electron chi connectivity index (χ0n) is 16.5. The van der Waals surface area contributed by atoms with Crippen molar-refractivity contribution in [2.75, 3.05) is 30.5 Å². The third-order valence-corrected chi connectivity index (χ3v) is 4.38. The van der Waals surface area contributed by atoms with E-state index >= 15 is 0 Å². The minimum atomic E-state index is -0.139. The van der Waals surface area contributed by atoms with Crippen LogP contribution in [0.1, 0.15) is 22.8 Å². The molecule has 0 aliphatic heterocycles. The maximum Gasteiger partial charge on any atom is 0.263 e. The van der Waals surface area contributed by atoms with Crippen molar-refractivity contribution in [3.8, 4) is 5.75 Å². The van der Waals surface area contributed by atoms with E-state index in [-0.39, 0.29) is 5.91 Å². The van der Waals surface area contributed by atoms with Crippen LogP contribution in [0.5, 0.6) is 5.75 Å². The molecule has 1 heterocycles. The SMILES string of the molecule is CCOc1ccccc1C(=O)N(Cc1ccc(N(C)C)cc1)c1ccccn1. The summed E-state index contributed by atoms with van der Waals surface area (Å²) in [4.78, 5) is 21.5. The molecule has 0 N–H and O–H groups in total. The zero-order chi connectivity index (χ0) is 19.9. The summed E-state index contributed by atoms with van der Waals surface area (Å²) in [6.07, 6.45) is 1.69. The zero-order valence-corrected chi connectivity index (χ0v) is 16.5. The maximum absolute atomic E-state index is 13.4. The molecule has 0 saturated carbocycles. The lowest BCUT2D eigenvalue weighted by Gasteiger charge is -2.23. The van der Waals surface area contributed by atoms with Crippen LogP contribution in [0, 0.1) is 0 Å². The molecule has 0 bridgehead atoms. The quantitative estimate of drug-likeness (QED) is 0.614. The van der Waals surface area contributed by atoms with Crippen molar-refractivity contribution in [1.82, 2.24) is 4.98 Å². The summed E-state index contributed by atoms with van der Waals surface area (Å²) >= 11 is 0. The Kier molecular flexibility index (Phi) is 6.27. The Hall–Kier alpha value is -3.34. The number of amides is 1. The molecule has 0 spiro atoms. The van der Waals surface area contributed by atoms with Gasteiger partial charge in [0, 0.05) is 26.0 Å². The second-order valence-electron chi connectivity index (χ2n) is 6.57. The minimum absolute atomic E-state index is 0.139. The summed E-state index contributed by atoms with van der Waals surface area (Å²) in [6.45, 7) is 2.83. The molecule has 3 rings (SSSR count). The number of carbonyl (C=O) groups is 1. The fourth-order valence-electron chi connectivity index (χ4n) is 2.92. The Morgan fingerprint density at radius 3 is 2.32 bits per heavy atom. The third-order valence-electron chi connectivity index (χ3n) is 4.38. The summed E-state index contributed by atoms with van der Waals surface area (Å²) in [5.74, 6) is 1.05. The van der Waals surface area contributed by atoms with Crippen LogP contribution in [-0.4, -0.2) is 31.6 Å². The molecule has 0 atom stereocenters. The normalized spacial score (nSPS) is 10.4. The van der Waals surface area contributed by atoms with Crippen LogP contribution >= 0.6 is 0 Å². The molecule has 0 aliphatic rings. The molecule has 1 amide bonds. The number of hydrogen-bond donors (Lipinski definition) is 0. The molecule has 0 fully saturated rings. The van der Waals surface area contributed by atoms with E-state index in [9.17, 15) is 4.79 Å². The lowest BCUT2D eigenvalue weighted by Crippen LogP contribution is -2.31. The van der Waals surface area contributed by atoms with Crippen molar-refractivity contribution in [3.05, 3.63) is 84.1 Å². The lowest BCUT2D eigenvalue weighted by atomic mass is 10.1. The van der Waals surface area contributed by atoms with Gasteiger partial charge in [0.25, 0.3) is 5.91 Å². The second-order valence-corrected chi connectivity index (χ2v) is 6.57. The molecular formula is C23H25N3O2. The van der Waals surface area contributed by atoms with Crippen LogP contribution < -0.4 is 14.5 Å². The molecular weight excluding hydrogens is 350 g/mol. The van der Waals surface area contributed by atoms with Crippen molar-refractivity contribution in [2.45, 2.75) is 13.5 Å². The molecule has 28 heavy (non-hydrogen) atoms. The Morgan fingerprint density at radius 1 is 0.964 bits per heavy atom. The van der Waals surface area contributed by atoms with Gasteiger partial charge in [-0.15, -0.1) is 0 Å². The topological polar surface area (TPSA) is 45.7 Å². The Labute approximate surface area is 166 Å². The molecule has 3 aromatic rings. The number of aromatic nitrogens is 1. The lowest BCUT2D eigenvalue weighted by molar-refractivity contribution is 0.0980. The Morgan fingerprint density at radius 2 is 1.68 bits per heavy atom. The van der Waals surface area contributed by atoms with Gasteiger partial charge in [0.2, 0.25) is 0 Å². The number of ether oxygens (including phenoxy) is 1.